The quantitative estimate of drug-likeness (QED) is 0.0741. The molecule has 3 aliphatic rings. The summed E-state index contributed by atoms with van der Waals surface area (Å²) in [5, 5.41) is 53.7. The fraction of sp³-hybridized carbons (Fsp3) is 0.277. The number of aliphatic hydroxyl groups is 3. The number of oxazole rings is 1. The lowest BCUT2D eigenvalue weighted by atomic mass is 9.72. The molecule has 1 saturated heterocycles. The van der Waals surface area contributed by atoms with Gasteiger partial charge in [-0.1, -0.05) is 36.4 Å². The number of alkyl halides is 3. The van der Waals surface area contributed by atoms with Crippen molar-refractivity contribution in [3.05, 3.63) is 124 Å². The number of Topliss-reactive ketones (excluding diaryl/α,β-unsaturated/α-hetero) is 1. The third-order valence-corrected chi connectivity index (χ3v) is 11.9. The maximum absolute atomic E-state index is 13.6. The molecule has 0 amide bonds. The Kier molecular flexibility index (Phi) is 11.8. The van der Waals surface area contributed by atoms with Gasteiger partial charge in [-0.2, -0.15) is 13.2 Å². The number of aliphatic hydroxyl groups excluding tert-OH is 2. The molecule has 15 nitrogen and oxygen atoms in total. The van der Waals surface area contributed by atoms with Gasteiger partial charge in [-0.15, -0.1) is 0 Å². The van der Waals surface area contributed by atoms with E-state index in [1.165, 1.54) is 37.4 Å². The number of nitrogens with zero attached hydrogens (tertiary/aromatic N) is 1. The van der Waals surface area contributed by atoms with Crippen LogP contribution < -0.4 is 16.2 Å². The normalized spacial score (nSPS) is 22.6. The van der Waals surface area contributed by atoms with Crippen molar-refractivity contribution in [3.8, 4) is 39.8 Å². The summed E-state index contributed by atoms with van der Waals surface area (Å²) in [5.41, 5.74) is 11.7. The minimum Gasteiger partial charge on any atom is -0.507 e. The van der Waals surface area contributed by atoms with Crippen molar-refractivity contribution in [2.24, 2.45) is 5.73 Å². The van der Waals surface area contributed by atoms with Crippen LogP contribution in [-0.4, -0.2) is 91.7 Å². The fourth-order valence-electron chi connectivity index (χ4n) is 8.48. The fourth-order valence-corrected chi connectivity index (χ4v) is 8.48. The van der Waals surface area contributed by atoms with Crippen molar-refractivity contribution in [2.75, 3.05) is 19.5 Å². The molecule has 1 aliphatic heterocycles. The number of ether oxygens (including phenoxy) is 3. The number of anilines is 1. The average molecular weight is 898 g/mol. The third kappa shape index (κ3) is 8.20. The van der Waals surface area contributed by atoms with Crippen molar-refractivity contribution >= 4 is 34.1 Å². The zero-order valence-corrected chi connectivity index (χ0v) is 34.6. The van der Waals surface area contributed by atoms with Gasteiger partial charge < -0.3 is 55.6 Å². The van der Waals surface area contributed by atoms with Gasteiger partial charge in [-0.25, -0.2) is 4.98 Å². The number of phenols is 2. The molecule has 2 aliphatic carbocycles. The van der Waals surface area contributed by atoms with Crippen molar-refractivity contribution < 1.29 is 71.7 Å². The number of methoxy groups -OCH3 is 1. The van der Waals surface area contributed by atoms with E-state index in [1.807, 2.05) is 24.3 Å². The van der Waals surface area contributed by atoms with Crippen molar-refractivity contribution in [1.29, 1.82) is 0 Å². The first-order valence-electron chi connectivity index (χ1n) is 20.3. The lowest BCUT2D eigenvalue weighted by Crippen LogP contribution is -2.53. The number of aromatic nitrogens is 1. The van der Waals surface area contributed by atoms with Crippen LogP contribution in [0.1, 0.15) is 74.4 Å². The molecule has 6 atom stereocenters. The number of benzene rings is 5. The molecule has 9 rings (SSSR count). The number of nitrogen functional groups attached to an aromatic ring is 1. The molecule has 338 valence electrons. The molecule has 1 aromatic heterocycles. The van der Waals surface area contributed by atoms with E-state index in [4.69, 9.17) is 30.1 Å². The molecule has 5 aromatic carbocycles. The zero-order valence-electron chi connectivity index (χ0n) is 34.6. The van der Waals surface area contributed by atoms with E-state index < -0.39 is 107 Å². The van der Waals surface area contributed by atoms with Crippen LogP contribution in [0.2, 0.25) is 0 Å². The Morgan fingerprint density at radius 3 is 2.20 bits per heavy atom. The van der Waals surface area contributed by atoms with Gasteiger partial charge in [-0.3, -0.25) is 14.4 Å². The smallest absolute Gasteiger partial charge is 0.416 e. The first kappa shape index (κ1) is 44.9. The number of phenolic OH excluding ortho intramolecular Hbond substituents is 2. The largest absolute Gasteiger partial charge is 0.507 e. The van der Waals surface area contributed by atoms with Crippen LogP contribution in [0.3, 0.4) is 0 Å². The number of nitrogens with two attached hydrogens (primary N) is 2. The first-order chi connectivity index (χ1) is 30.8. The summed E-state index contributed by atoms with van der Waals surface area (Å²) >= 11 is 0. The van der Waals surface area contributed by atoms with E-state index in [9.17, 15) is 53.1 Å². The molecule has 18 heteroatoms. The monoisotopic (exact) mass is 897 g/mol. The second-order valence-corrected chi connectivity index (χ2v) is 16.1. The predicted octanol–water partition coefficient (Wildman–Crippen LogP) is 5.76. The molecule has 9 N–H and O–H groups in total. The van der Waals surface area contributed by atoms with E-state index in [1.54, 1.807) is 25.1 Å². The predicted molar refractivity (Wildman–Crippen MR) is 226 cm³/mol. The van der Waals surface area contributed by atoms with Gasteiger partial charge in [0.25, 0.3) is 0 Å². The SMILES string of the molecule is COc1cccc2c1C(=O)c1c(O)c3c(c(O)c1C2=O)C[C@@](O)(C(=O)CO)C[C@@H]3O[C@H]1C[C@H](N)[C@H](O)[C@H](C)O1.Nc1ccc2oc(-c3ccc(-c4ccc(C(F)(F)F)cc4)cc3)nc2c1. The third-order valence-electron chi connectivity index (χ3n) is 11.9. The van der Waals surface area contributed by atoms with E-state index in [0.29, 0.717) is 28.2 Å². The second kappa shape index (κ2) is 17.0. The van der Waals surface area contributed by atoms with Gasteiger partial charge in [0.05, 0.1) is 47.7 Å². The molecular formula is C47H42F3N3O12. The lowest BCUT2D eigenvalue weighted by Gasteiger charge is -2.42. The summed E-state index contributed by atoms with van der Waals surface area (Å²) in [7, 11) is 1.32. The number of carbonyl (C=O) groups is 3. The maximum atomic E-state index is 13.6. The minimum absolute atomic E-state index is 0.0173. The number of halogens is 3. The standard InChI is InChI=1S/C27H29NO11.C20H13F3N2O/c1-10-22(31)13(28)6-17(38-10)39-15-8-27(36,16(30)9-29)7-12-19(15)26(35)21-20(24(12)33)23(32)11-4-3-5-14(37-2)18(11)25(21)34;21-20(22,23)15-7-5-13(6-8-15)12-1-3-14(4-2-12)19-25-17-11-16(24)9-10-18(17)26-19/h3-5,10,13,15,17,22,29,31,33,35-36H,6-9,28H2,1-2H3;1-11H,24H2/t10-,13-,15-,17-,22+,27-;/m0./s1. The number of fused-ring (bicyclic) bond motifs is 4. The van der Waals surface area contributed by atoms with Gasteiger partial charge in [0.15, 0.2) is 23.4 Å². The molecule has 2 heterocycles. The number of rotatable bonds is 7. The molecule has 0 unspecified atom stereocenters. The van der Waals surface area contributed by atoms with Crippen LogP contribution in [-0.2, 0) is 26.9 Å². The Balaban J connectivity index is 0.000000192. The second-order valence-electron chi connectivity index (χ2n) is 16.1. The highest BCUT2D eigenvalue weighted by Crippen LogP contribution is 2.52. The molecule has 1 fully saturated rings. The van der Waals surface area contributed by atoms with Crippen molar-refractivity contribution in [2.45, 2.75) is 68.6 Å². The van der Waals surface area contributed by atoms with Crippen LogP contribution in [0.15, 0.2) is 89.3 Å². The zero-order chi connectivity index (χ0) is 46.7. The molecule has 65 heavy (non-hydrogen) atoms. The highest BCUT2D eigenvalue weighted by molar-refractivity contribution is 6.31. The summed E-state index contributed by atoms with van der Waals surface area (Å²) in [6.45, 7) is 0.560. The van der Waals surface area contributed by atoms with E-state index >= 15 is 0 Å². The summed E-state index contributed by atoms with van der Waals surface area (Å²) in [6.07, 6.45) is -9.46. The van der Waals surface area contributed by atoms with Crippen LogP contribution in [0.25, 0.3) is 33.7 Å². The van der Waals surface area contributed by atoms with Gasteiger partial charge in [0, 0.05) is 53.2 Å². The number of carbonyl (C=O) groups excluding carboxylic acids is 3. The van der Waals surface area contributed by atoms with E-state index in [2.05, 4.69) is 4.98 Å². The Labute approximate surface area is 367 Å². The molecule has 0 radical (unpaired) electrons. The van der Waals surface area contributed by atoms with Crippen molar-refractivity contribution in [3.63, 3.8) is 0 Å². The minimum atomic E-state index is -4.33. The van der Waals surface area contributed by atoms with Gasteiger partial charge >= 0.3 is 6.18 Å². The lowest BCUT2D eigenvalue weighted by molar-refractivity contribution is -0.247. The van der Waals surface area contributed by atoms with Crippen LogP contribution in [0.4, 0.5) is 18.9 Å². The average Bonchev–Trinajstić information content (AvgIpc) is 3.71. The topological polar surface area (TPSA) is 258 Å². The highest BCUT2D eigenvalue weighted by Gasteiger charge is 2.50. The number of aromatic hydroxyl groups is 2. The highest BCUT2D eigenvalue weighted by atomic mass is 19.4. The van der Waals surface area contributed by atoms with Crippen LogP contribution in [0, 0.1) is 0 Å². The number of ketones is 3. The Morgan fingerprint density at radius 2 is 1.57 bits per heavy atom. The van der Waals surface area contributed by atoms with E-state index in [0.717, 1.165) is 23.3 Å². The number of hydrogen-bond donors (Lipinski definition) is 7. The molecular weight excluding hydrogens is 856 g/mol. The Hall–Kier alpha value is -6.67. The molecule has 6 aromatic rings. The molecule has 0 saturated carbocycles. The Bertz CT molecular complexity index is 2830. The molecule has 0 spiro atoms. The first-order valence-corrected chi connectivity index (χ1v) is 20.3. The van der Waals surface area contributed by atoms with Gasteiger partial charge in [-0.05, 0) is 66.6 Å². The summed E-state index contributed by atoms with van der Waals surface area (Å²) in [4.78, 5) is 44.2. The number of hydrogen-bond acceptors (Lipinski definition) is 15. The van der Waals surface area contributed by atoms with Gasteiger partial charge in [0.1, 0.15) is 35.0 Å². The summed E-state index contributed by atoms with van der Waals surface area (Å²) < 4.78 is 60.7. The Morgan fingerprint density at radius 1 is 0.923 bits per heavy atom. The molecule has 0 bridgehead atoms. The van der Waals surface area contributed by atoms with E-state index in [-0.39, 0.29) is 34.4 Å². The maximum Gasteiger partial charge on any atom is 0.416 e. The van der Waals surface area contributed by atoms with Crippen molar-refractivity contribution in [1.82, 2.24) is 4.98 Å². The summed E-state index contributed by atoms with van der Waals surface area (Å²) in [6, 6.07) is 21.2. The van der Waals surface area contributed by atoms with Crippen LogP contribution >= 0.6 is 0 Å². The van der Waals surface area contributed by atoms with Gasteiger partial charge in [0.2, 0.25) is 11.7 Å². The summed E-state index contributed by atoms with van der Waals surface area (Å²) in [5.74, 6) is -3.31. The van der Waals surface area contributed by atoms with Crippen LogP contribution in [0.5, 0.6) is 17.2 Å².